The predicted molar refractivity (Wildman–Crippen MR) is 145 cm³/mol. The van der Waals surface area contributed by atoms with Crippen molar-refractivity contribution in [2.45, 2.75) is 78.0 Å². The highest BCUT2D eigenvalue weighted by molar-refractivity contribution is 5.92. The lowest BCUT2D eigenvalue weighted by atomic mass is 9.58. The van der Waals surface area contributed by atoms with Crippen LogP contribution in [0.15, 0.2) is 60.8 Å². The lowest BCUT2D eigenvalue weighted by Crippen LogP contribution is -2.51. The second kappa shape index (κ2) is 9.52. The van der Waals surface area contributed by atoms with E-state index in [0.717, 1.165) is 22.0 Å². The standard InChI is InChI=1S/C32H39NO4/c1-31(2)14-24(34)29(25(35)15-31)28(30-26(36)16-32(3,4)17-27(30)37)22-19-33(18-20-10-6-5-7-11-20)23-13-9-8-12-21(22)23/h5-13,19,24,26,28-30,34,36H,14-18H2,1-4H3/t24-,26+,28?,29-,30+. The van der Waals surface area contributed by atoms with Crippen LogP contribution in [-0.2, 0) is 16.1 Å². The first-order chi connectivity index (χ1) is 17.5. The van der Waals surface area contributed by atoms with Crippen molar-refractivity contribution in [2.75, 3.05) is 0 Å². The Morgan fingerprint density at radius 1 is 0.811 bits per heavy atom. The highest BCUT2D eigenvalue weighted by atomic mass is 16.3. The first kappa shape index (κ1) is 25.9. The highest BCUT2D eigenvalue weighted by Crippen LogP contribution is 2.50. The maximum Gasteiger partial charge on any atom is 0.139 e. The van der Waals surface area contributed by atoms with Crippen LogP contribution in [0.25, 0.3) is 10.9 Å². The normalized spacial score (nSPS) is 28.4. The number of carbonyl (C=O) groups excluding carboxylic acids is 2. The minimum atomic E-state index is -0.868. The third kappa shape index (κ3) is 5.04. The Balaban J connectivity index is 1.67. The number of rotatable bonds is 5. The molecule has 5 nitrogen and oxygen atoms in total. The van der Waals surface area contributed by atoms with E-state index in [1.165, 1.54) is 0 Å². The molecule has 0 bridgehead atoms. The molecule has 5 atom stereocenters. The van der Waals surface area contributed by atoms with Gasteiger partial charge >= 0.3 is 0 Å². The zero-order chi connectivity index (χ0) is 26.5. The quantitative estimate of drug-likeness (QED) is 0.483. The number of Topliss-reactive ketones (excluding diaryl/α,β-unsaturated/α-hetero) is 2. The average Bonchev–Trinajstić information content (AvgIpc) is 3.14. The van der Waals surface area contributed by atoms with Gasteiger partial charge in [-0.2, -0.15) is 0 Å². The van der Waals surface area contributed by atoms with Gasteiger partial charge in [-0.05, 0) is 40.9 Å². The summed E-state index contributed by atoms with van der Waals surface area (Å²) >= 11 is 0. The number of nitrogens with zero attached hydrogens (tertiary/aromatic N) is 1. The van der Waals surface area contributed by atoms with Crippen LogP contribution in [0.1, 0.15) is 70.4 Å². The number of para-hydroxylation sites is 1. The molecule has 0 saturated heterocycles. The van der Waals surface area contributed by atoms with E-state index in [0.29, 0.717) is 32.2 Å². The van der Waals surface area contributed by atoms with Gasteiger partial charge in [-0.1, -0.05) is 76.2 Å². The van der Waals surface area contributed by atoms with Crippen LogP contribution < -0.4 is 0 Å². The molecule has 37 heavy (non-hydrogen) atoms. The smallest absolute Gasteiger partial charge is 0.139 e. The number of fused-ring (bicyclic) bond motifs is 1. The van der Waals surface area contributed by atoms with Crippen LogP contribution in [0, 0.1) is 22.7 Å². The fourth-order valence-corrected chi connectivity index (χ4v) is 7.08. The molecule has 196 valence electrons. The second-order valence-corrected chi connectivity index (χ2v) is 12.9. The molecule has 5 heteroatoms. The summed E-state index contributed by atoms with van der Waals surface area (Å²) in [6, 6.07) is 18.3. The summed E-state index contributed by atoms with van der Waals surface area (Å²) in [7, 11) is 0. The fraction of sp³-hybridized carbons (Fsp3) is 0.500. The molecule has 2 N–H and O–H groups in total. The molecule has 0 aliphatic heterocycles. The molecule has 2 fully saturated rings. The van der Waals surface area contributed by atoms with E-state index in [2.05, 4.69) is 29.0 Å². The molecular formula is C32H39NO4. The number of hydrogen-bond donors (Lipinski definition) is 2. The summed E-state index contributed by atoms with van der Waals surface area (Å²) in [5.74, 6) is -2.07. The van der Waals surface area contributed by atoms with Crippen molar-refractivity contribution in [1.82, 2.24) is 4.57 Å². The molecule has 3 aromatic rings. The summed E-state index contributed by atoms with van der Waals surface area (Å²) in [5.41, 5.74) is 2.45. The van der Waals surface area contributed by atoms with Crippen molar-refractivity contribution >= 4 is 22.5 Å². The zero-order valence-electron chi connectivity index (χ0n) is 22.4. The van der Waals surface area contributed by atoms with Gasteiger partial charge in [-0.25, -0.2) is 0 Å². The summed E-state index contributed by atoms with van der Waals surface area (Å²) in [5, 5.41) is 23.8. The van der Waals surface area contributed by atoms with E-state index in [1.54, 1.807) is 0 Å². The van der Waals surface area contributed by atoms with Crippen molar-refractivity contribution in [3.05, 3.63) is 71.9 Å². The number of aliphatic hydroxyl groups excluding tert-OH is 2. The van der Waals surface area contributed by atoms with E-state index in [-0.39, 0.29) is 22.4 Å². The van der Waals surface area contributed by atoms with Gasteiger partial charge in [0, 0.05) is 42.4 Å². The van der Waals surface area contributed by atoms with Gasteiger partial charge in [0.05, 0.1) is 24.0 Å². The Morgan fingerprint density at radius 2 is 1.32 bits per heavy atom. The second-order valence-electron chi connectivity index (χ2n) is 12.9. The fourth-order valence-electron chi connectivity index (χ4n) is 7.08. The Morgan fingerprint density at radius 3 is 1.86 bits per heavy atom. The molecule has 1 unspecified atom stereocenters. The Kier molecular flexibility index (Phi) is 6.66. The van der Waals surface area contributed by atoms with Gasteiger partial charge in [0.25, 0.3) is 0 Å². The van der Waals surface area contributed by atoms with E-state index in [1.807, 2.05) is 64.1 Å². The maximum absolute atomic E-state index is 13.7. The summed E-state index contributed by atoms with van der Waals surface area (Å²) < 4.78 is 2.17. The van der Waals surface area contributed by atoms with Crippen molar-refractivity contribution in [3.63, 3.8) is 0 Å². The molecule has 0 radical (unpaired) electrons. The molecule has 5 rings (SSSR count). The molecule has 0 amide bonds. The Hall–Kier alpha value is -2.76. The van der Waals surface area contributed by atoms with Crippen LogP contribution >= 0.6 is 0 Å². The monoisotopic (exact) mass is 501 g/mol. The first-order valence-corrected chi connectivity index (χ1v) is 13.5. The Bertz CT molecular complexity index is 1260. The number of hydrogen-bond acceptors (Lipinski definition) is 4. The van der Waals surface area contributed by atoms with Crippen LogP contribution in [-0.4, -0.2) is 38.6 Å². The number of benzene rings is 2. The maximum atomic E-state index is 13.7. The van der Waals surface area contributed by atoms with Gasteiger partial charge in [-0.15, -0.1) is 0 Å². The zero-order valence-corrected chi connectivity index (χ0v) is 22.4. The van der Waals surface area contributed by atoms with Gasteiger partial charge in [-0.3, -0.25) is 9.59 Å². The third-order valence-corrected chi connectivity index (χ3v) is 8.55. The van der Waals surface area contributed by atoms with E-state index >= 15 is 0 Å². The molecular weight excluding hydrogens is 462 g/mol. The summed E-state index contributed by atoms with van der Waals surface area (Å²) in [4.78, 5) is 27.4. The largest absolute Gasteiger partial charge is 0.392 e. The van der Waals surface area contributed by atoms with Gasteiger partial charge in [0.1, 0.15) is 11.6 Å². The SMILES string of the molecule is CC1(C)CC(=O)[C@H](C(c2cn(Cc3ccccc3)c3ccccc23)[C@@H]2C(=O)CC(C)(C)C[C@@H]2O)[C@H](O)C1. The number of aromatic nitrogens is 1. The van der Waals surface area contributed by atoms with Crippen LogP contribution in [0.5, 0.6) is 0 Å². The summed E-state index contributed by atoms with van der Waals surface area (Å²) in [6.45, 7) is 8.68. The minimum absolute atomic E-state index is 0.0153. The van der Waals surface area contributed by atoms with E-state index in [9.17, 15) is 19.8 Å². The van der Waals surface area contributed by atoms with E-state index in [4.69, 9.17) is 0 Å². The number of aliphatic hydroxyl groups is 2. The van der Waals surface area contributed by atoms with Gasteiger partial charge in [0.15, 0.2) is 0 Å². The molecule has 2 aromatic carbocycles. The van der Waals surface area contributed by atoms with Crippen molar-refractivity contribution in [3.8, 4) is 0 Å². The predicted octanol–water partition coefficient (Wildman–Crippen LogP) is 5.51. The number of carbonyl (C=O) groups is 2. The van der Waals surface area contributed by atoms with Crippen molar-refractivity contribution < 1.29 is 19.8 Å². The molecule has 0 spiro atoms. The topological polar surface area (TPSA) is 79.5 Å². The Labute approximate surface area is 219 Å². The summed E-state index contributed by atoms with van der Waals surface area (Å²) in [6.07, 6.45) is 2.02. The lowest BCUT2D eigenvalue weighted by Gasteiger charge is -2.46. The molecule has 2 aliphatic rings. The van der Waals surface area contributed by atoms with Crippen molar-refractivity contribution in [2.24, 2.45) is 22.7 Å². The van der Waals surface area contributed by atoms with Crippen molar-refractivity contribution in [1.29, 1.82) is 0 Å². The third-order valence-electron chi connectivity index (χ3n) is 8.55. The first-order valence-electron chi connectivity index (χ1n) is 13.5. The van der Waals surface area contributed by atoms with Gasteiger partial charge in [0.2, 0.25) is 0 Å². The van der Waals surface area contributed by atoms with Crippen LogP contribution in [0.3, 0.4) is 0 Å². The number of ketones is 2. The van der Waals surface area contributed by atoms with E-state index < -0.39 is 30.0 Å². The molecule has 1 heterocycles. The van der Waals surface area contributed by atoms with Crippen LogP contribution in [0.2, 0.25) is 0 Å². The molecule has 1 aromatic heterocycles. The molecule has 2 saturated carbocycles. The molecule has 2 aliphatic carbocycles. The van der Waals surface area contributed by atoms with Gasteiger partial charge < -0.3 is 14.8 Å². The lowest BCUT2D eigenvalue weighted by molar-refractivity contribution is -0.144. The highest BCUT2D eigenvalue weighted by Gasteiger charge is 2.52. The average molecular weight is 502 g/mol. The van der Waals surface area contributed by atoms with Crippen LogP contribution in [0.4, 0.5) is 0 Å². The minimum Gasteiger partial charge on any atom is -0.392 e.